The molecule has 0 spiro atoms. The zero-order chi connectivity index (χ0) is 17.9. The molecule has 4 rings (SSSR count). The first-order chi connectivity index (χ1) is 12.7. The van der Waals surface area contributed by atoms with E-state index < -0.39 is 0 Å². The lowest BCUT2D eigenvalue weighted by molar-refractivity contribution is -0.132. The number of halogens is 1. The number of hydrogen-bond acceptors (Lipinski definition) is 4. The number of hydrogen-bond donors (Lipinski definition) is 0. The van der Waals surface area contributed by atoms with Crippen LogP contribution in [-0.2, 0) is 11.3 Å². The van der Waals surface area contributed by atoms with Crippen LogP contribution in [0.4, 0.5) is 0 Å². The van der Waals surface area contributed by atoms with E-state index in [1.54, 1.807) is 12.1 Å². The van der Waals surface area contributed by atoms with Gasteiger partial charge in [0.05, 0.1) is 0 Å². The lowest BCUT2D eigenvalue weighted by Crippen LogP contribution is -2.37. The third kappa shape index (κ3) is 3.51. The summed E-state index contributed by atoms with van der Waals surface area (Å²) in [5.41, 5.74) is 1.52. The molecule has 7 heteroatoms. The van der Waals surface area contributed by atoms with Gasteiger partial charge in [-0.25, -0.2) is 0 Å². The Morgan fingerprint density at radius 1 is 1.15 bits per heavy atom. The Bertz CT molecular complexity index is 912. The van der Waals surface area contributed by atoms with Crippen molar-refractivity contribution in [3.8, 4) is 23.0 Å². The maximum atomic E-state index is 12.5. The number of benzene rings is 1. The molecule has 2 aromatic heterocycles. The minimum atomic E-state index is 0.122. The van der Waals surface area contributed by atoms with Crippen LogP contribution in [0.15, 0.2) is 47.1 Å². The molecule has 1 aromatic carbocycles. The molecule has 6 nitrogen and oxygen atoms in total. The Morgan fingerprint density at radius 2 is 2.00 bits per heavy atom. The summed E-state index contributed by atoms with van der Waals surface area (Å²) in [6, 6.07) is 11.0. The standard InChI is InChI=1S/C19H19ClN4O2/c20-15-7-4-6-14(12-15)18-21-19(26-22-18)16-8-5-11-24(16)13-17(25)23-9-2-1-3-10-23/h4-8,11-12H,1-3,9-10,13H2. The summed E-state index contributed by atoms with van der Waals surface area (Å²) in [4.78, 5) is 18.9. The lowest BCUT2D eigenvalue weighted by atomic mass is 10.1. The van der Waals surface area contributed by atoms with Crippen molar-refractivity contribution >= 4 is 17.5 Å². The Hall–Kier alpha value is -2.60. The van der Waals surface area contributed by atoms with Gasteiger partial charge in [0.1, 0.15) is 12.2 Å². The molecule has 0 N–H and O–H groups in total. The third-order valence-corrected chi connectivity index (χ3v) is 4.81. The van der Waals surface area contributed by atoms with E-state index in [2.05, 4.69) is 10.1 Å². The van der Waals surface area contributed by atoms with E-state index in [1.165, 1.54) is 6.42 Å². The number of piperidine rings is 1. The number of nitrogens with zero attached hydrogens (tertiary/aromatic N) is 4. The van der Waals surface area contributed by atoms with E-state index >= 15 is 0 Å². The summed E-state index contributed by atoms with van der Waals surface area (Å²) >= 11 is 6.02. The second-order valence-corrected chi connectivity index (χ2v) is 6.83. The van der Waals surface area contributed by atoms with Crippen LogP contribution >= 0.6 is 11.6 Å². The molecule has 0 aliphatic carbocycles. The van der Waals surface area contributed by atoms with E-state index in [0.717, 1.165) is 37.2 Å². The Morgan fingerprint density at radius 3 is 2.81 bits per heavy atom. The van der Waals surface area contributed by atoms with Gasteiger partial charge >= 0.3 is 0 Å². The lowest BCUT2D eigenvalue weighted by Gasteiger charge is -2.27. The molecule has 0 unspecified atom stereocenters. The molecule has 3 aromatic rings. The number of rotatable bonds is 4. The van der Waals surface area contributed by atoms with E-state index in [0.29, 0.717) is 16.7 Å². The van der Waals surface area contributed by atoms with E-state index in [4.69, 9.17) is 16.1 Å². The van der Waals surface area contributed by atoms with Gasteiger partial charge in [0.15, 0.2) is 0 Å². The zero-order valence-corrected chi connectivity index (χ0v) is 15.0. The molecule has 1 aliphatic rings. The molecule has 26 heavy (non-hydrogen) atoms. The highest BCUT2D eigenvalue weighted by Crippen LogP contribution is 2.24. The van der Waals surface area contributed by atoms with Crippen molar-refractivity contribution in [1.29, 1.82) is 0 Å². The van der Waals surface area contributed by atoms with Crippen LogP contribution in [-0.4, -0.2) is 38.6 Å². The first-order valence-corrected chi connectivity index (χ1v) is 9.11. The fraction of sp³-hybridized carbons (Fsp3) is 0.316. The van der Waals surface area contributed by atoms with Crippen LogP contribution in [0.5, 0.6) is 0 Å². The van der Waals surface area contributed by atoms with Crippen molar-refractivity contribution in [3.63, 3.8) is 0 Å². The smallest absolute Gasteiger partial charge is 0.274 e. The highest BCUT2D eigenvalue weighted by molar-refractivity contribution is 6.30. The van der Waals surface area contributed by atoms with E-state index in [-0.39, 0.29) is 12.5 Å². The molecule has 1 aliphatic heterocycles. The molecular weight excluding hydrogens is 352 g/mol. The summed E-state index contributed by atoms with van der Waals surface area (Å²) in [5.74, 6) is 0.978. The number of aromatic nitrogens is 3. The van der Waals surface area contributed by atoms with Crippen LogP contribution in [0.3, 0.4) is 0 Å². The average molecular weight is 371 g/mol. The molecule has 0 bridgehead atoms. The van der Waals surface area contributed by atoms with Crippen LogP contribution in [0, 0.1) is 0 Å². The summed E-state index contributed by atoms with van der Waals surface area (Å²) in [6.45, 7) is 1.96. The topological polar surface area (TPSA) is 64.2 Å². The van der Waals surface area contributed by atoms with Crippen molar-refractivity contribution in [2.45, 2.75) is 25.8 Å². The van der Waals surface area contributed by atoms with Crippen molar-refractivity contribution in [2.24, 2.45) is 0 Å². The highest BCUT2D eigenvalue weighted by Gasteiger charge is 2.19. The van der Waals surface area contributed by atoms with Gasteiger partial charge in [0.25, 0.3) is 5.89 Å². The average Bonchev–Trinajstić information content (AvgIpc) is 3.31. The molecule has 3 heterocycles. The summed E-state index contributed by atoms with van der Waals surface area (Å²) in [5, 5.41) is 4.66. The van der Waals surface area contributed by atoms with Crippen LogP contribution in [0.2, 0.25) is 5.02 Å². The molecule has 0 radical (unpaired) electrons. The Labute approximate surface area is 156 Å². The van der Waals surface area contributed by atoms with Gasteiger partial charge in [0, 0.05) is 29.9 Å². The minimum Gasteiger partial charge on any atom is -0.341 e. The van der Waals surface area contributed by atoms with Gasteiger partial charge in [0.2, 0.25) is 11.7 Å². The van der Waals surface area contributed by atoms with Crippen molar-refractivity contribution < 1.29 is 9.32 Å². The molecule has 0 atom stereocenters. The van der Waals surface area contributed by atoms with Crippen LogP contribution in [0.25, 0.3) is 23.0 Å². The fourth-order valence-electron chi connectivity index (χ4n) is 3.21. The predicted octanol–water partition coefficient (Wildman–Crippen LogP) is 3.87. The molecule has 1 amide bonds. The van der Waals surface area contributed by atoms with Gasteiger partial charge in [-0.3, -0.25) is 4.79 Å². The van der Waals surface area contributed by atoms with Gasteiger partial charge in [-0.15, -0.1) is 0 Å². The molecule has 1 fully saturated rings. The largest absolute Gasteiger partial charge is 0.341 e. The van der Waals surface area contributed by atoms with E-state index in [1.807, 2.05) is 39.9 Å². The predicted molar refractivity (Wildman–Crippen MR) is 98.6 cm³/mol. The first-order valence-electron chi connectivity index (χ1n) is 8.73. The molecule has 1 saturated heterocycles. The van der Waals surface area contributed by atoms with Crippen molar-refractivity contribution in [3.05, 3.63) is 47.6 Å². The number of likely N-dealkylation sites (tertiary alicyclic amines) is 1. The SMILES string of the molecule is O=C(Cn1cccc1-c1nc(-c2cccc(Cl)c2)no1)N1CCCCC1. The summed E-state index contributed by atoms with van der Waals surface area (Å²) in [7, 11) is 0. The third-order valence-electron chi connectivity index (χ3n) is 4.57. The fourth-order valence-corrected chi connectivity index (χ4v) is 3.40. The molecular formula is C19H19ClN4O2. The number of amides is 1. The van der Waals surface area contributed by atoms with E-state index in [9.17, 15) is 4.79 Å². The molecule has 134 valence electrons. The molecule has 0 saturated carbocycles. The zero-order valence-electron chi connectivity index (χ0n) is 14.3. The van der Waals surface area contributed by atoms with Gasteiger partial charge in [-0.1, -0.05) is 28.9 Å². The normalized spacial score (nSPS) is 14.6. The van der Waals surface area contributed by atoms with Crippen molar-refractivity contribution in [1.82, 2.24) is 19.6 Å². The van der Waals surface area contributed by atoms with Crippen molar-refractivity contribution in [2.75, 3.05) is 13.1 Å². The van der Waals surface area contributed by atoms with Gasteiger partial charge < -0.3 is 14.0 Å². The Balaban J connectivity index is 1.54. The summed E-state index contributed by atoms with van der Waals surface area (Å²) in [6.07, 6.45) is 5.22. The second kappa shape index (κ2) is 7.33. The summed E-state index contributed by atoms with van der Waals surface area (Å²) < 4.78 is 7.27. The van der Waals surface area contributed by atoms with Crippen LogP contribution in [0.1, 0.15) is 19.3 Å². The highest BCUT2D eigenvalue weighted by atomic mass is 35.5. The monoisotopic (exact) mass is 370 g/mol. The maximum absolute atomic E-state index is 12.5. The minimum absolute atomic E-state index is 0.122. The number of carbonyl (C=O) groups is 1. The quantitative estimate of drug-likeness (QED) is 0.699. The van der Waals surface area contributed by atoms with Gasteiger partial charge in [-0.05, 0) is 43.5 Å². The van der Waals surface area contributed by atoms with Gasteiger partial charge in [-0.2, -0.15) is 4.98 Å². The first kappa shape index (κ1) is 16.8. The Kier molecular flexibility index (Phi) is 4.75. The second-order valence-electron chi connectivity index (χ2n) is 6.40. The number of carbonyl (C=O) groups excluding carboxylic acids is 1. The maximum Gasteiger partial charge on any atom is 0.274 e. The van der Waals surface area contributed by atoms with Crippen LogP contribution < -0.4 is 0 Å².